The second kappa shape index (κ2) is 6.39. The van der Waals surface area contributed by atoms with Crippen molar-refractivity contribution in [1.29, 1.82) is 0 Å². The van der Waals surface area contributed by atoms with Crippen LogP contribution in [0.1, 0.15) is 44.1 Å². The standard InChI is InChI=1S/C15H21NO3S/c1-16(13(17)9-12-5-8-20-11-12)15(10-14(18)19)6-3-2-4-7-15/h5,8,11H,2-4,6-7,9-10H2,1H3,(H,18,19). The molecule has 1 amide bonds. The van der Waals surface area contributed by atoms with Crippen LogP contribution in [0.3, 0.4) is 0 Å². The lowest BCUT2D eigenvalue weighted by Gasteiger charge is -2.44. The summed E-state index contributed by atoms with van der Waals surface area (Å²) >= 11 is 1.57. The van der Waals surface area contributed by atoms with Gasteiger partial charge in [-0.15, -0.1) is 0 Å². The third-order valence-electron chi connectivity index (χ3n) is 4.29. The third-order valence-corrected chi connectivity index (χ3v) is 5.02. The Kier molecular flexibility index (Phi) is 4.81. The maximum absolute atomic E-state index is 12.4. The predicted octanol–water partition coefficient (Wildman–Crippen LogP) is 2.93. The molecule has 2 rings (SSSR count). The fourth-order valence-corrected chi connectivity index (χ4v) is 3.74. The van der Waals surface area contributed by atoms with E-state index < -0.39 is 11.5 Å². The van der Waals surface area contributed by atoms with Gasteiger partial charge in [0.1, 0.15) is 0 Å². The van der Waals surface area contributed by atoms with Crippen molar-refractivity contribution in [3.8, 4) is 0 Å². The molecule has 0 aromatic carbocycles. The first kappa shape index (κ1) is 15.0. The average Bonchev–Trinajstić information content (AvgIpc) is 2.91. The summed E-state index contributed by atoms with van der Waals surface area (Å²) in [5.41, 5.74) is 0.519. The highest BCUT2D eigenvalue weighted by atomic mass is 32.1. The van der Waals surface area contributed by atoms with Crippen molar-refractivity contribution < 1.29 is 14.7 Å². The molecule has 1 heterocycles. The fourth-order valence-electron chi connectivity index (χ4n) is 3.07. The van der Waals surface area contributed by atoms with Crippen molar-refractivity contribution in [2.45, 2.75) is 50.5 Å². The summed E-state index contributed by atoms with van der Waals surface area (Å²) in [4.78, 5) is 25.3. The number of nitrogens with zero attached hydrogens (tertiary/aromatic N) is 1. The summed E-state index contributed by atoms with van der Waals surface area (Å²) in [6.45, 7) is 0. The zero-order chi connectivity index (χ0) is 14.6. The lowest BCUT2D eigenvalue weighted by atomic mass is 9.78. The molecule has 0 unspecified atom stereocenters. The van der Waals surface area contributed by atoms with E-state index in [4.69, 9.17) is 0 Å². The van der Waals surface area contributed by atoms with E-state index in [2.05, 4.69) is 0 Å². The Labute approximate surface area is 123 Å². The van der Waals surface area contributed by atoms with E-state index >= 15 is 0 Å². The topological polar surface area (TPSA) is 57.6 Å². The van der Waals surface area contributed by atoms with Gasteiger partial charge in [0.15, 0.2) is 0 Å². The first-order valence-corrected chi connectivity index (χ1v) is 7.97. The van der Waals surface area contributed by atoms with Gasteiger partial charge in [-0.1, -0.05) is 19.3 Å². The van der Waals surface area contributed by atoms with Crippen LogP contribution in [0, 0.1) is 0 Å². The number of rotatable bonds is 5. The Morgan fingerprint density at radius 3 is 2.60 bits per heavy atom. The summed E-state index contributed by atoms with van der Waals surface area (Å²) in [6.07, 6.45) is 5.15. The zero-order valence-corrected chi connectivity index (χ0v) is 12.6. The molecule has 1 aliphatic rings. The van der Waals surface area contributed by atoms with Gasteiger partial charge < -0.3 is 10.0 Å². The van der Waals surface area contributed by atoms with Gasteiger partial charge in [-0.05, 0) is 35.2 Å². The molecule has 1 saturated carbocycles. The van der Waals surface area contributed by atoms with Crippen molar-refractivity contribution in [3.05, 3.63) is 22.4 Å². The molecule has 4 nitrogen and oxygen atoms in total. The lowest BCUT2D eigenvalue weighted by Crippen LogP contribution is -2.52. The zero-order valence-electron chi connectivity index (χ0n) is 11.8. The molecule has 5 heteroatoms. The van der Waals surface area contributed by atoms with Crippen LogP contribution >= 0.6 is 11.3 Å². The summed E-state index contributed by atoms with van der Waals surface area (Å²) in [6, 6.07) is 1.95. The molecular weight excluding hydrogens is 274 g/mol. The quantitative estimate of drug-likeness (QED) is 0.908. The maximum Gasteiger partial charge on any atom is 0.305 e. The summed E-state index contributed by atoms with van der Waals surface area (Å²) < 4.78 is 0. The van der Waals surface area contributed by atoms with Gasteiger partial charge in [0.2, 0.25) is 5.91 Å². The summed E-state index contributed by atoms with van der Waals surface area (Å²) in [7, 11) is 1.77. The Morgan fingerprint density at radius 2 is 2.05 bits per heavy atom. The molecule has 1 N–H and O–H groups in total. The molecule has 1 aromatic heterocycles. The monoisotopic (exact) mass is 295 g/mol. The number of thiophene rings is 1. The van der Waals surface area contributed by atoms with Crippen LogP contribution in [0.25, 0.3) is 0 Å². The minimum atomic E-state index is -0.818. The Hall–Kier alpha value is -1.36. The minimum absolute atomic E-state index is 0.0200. The average molecular weight is 295 g/mol. The van der Waals surface area contributed by atoms with Crippen LogP contribution in [0.4, 0.5) is 0 Å². The Balaban J connectivity index is 2.10. The number of carboxylic acids is 1. The van der Waals surface area contributed by atoms with E-state index in [1.165, 1.54) is 0 Å². The number of amides is 1. The van der Waals surface area contributed by atoms with E-state index in [-0.39, 0.29) is 12.3 Å². The van der Waals surface area contributed by atoms with Crippen molar-refractivity contribution in [1.82, 2.24) is 4.90 Å². The van der Waals surface area contributed by atoms with Crippen LogP contribution in [0.15, 0.2) is 16.8 Å². The SMILES string of the molecule is CN(C(=O)Cc1ccsc1)C1(CC(=O)O)CCCCC1. The van der Waals surface area contributed by atoms with E-state index in [1.54, 1.807) is 23.3 Å². The molecule has 0 aliphatic heterocycles. The Bertz CT molecular complexity index is 463. The van der Waals surface area contributed by atoms with Gasteiger partial charge in [-0.2, -0.15) is 11.3 Å². The van der Waals surface area contributed by atoms with Crippen LogP contribution in [-0.2, 0) is 16.0 Å². The van der Waals surface area contributed by atoms with E-state index in [1.807, 2.05) is 16.8 Å². The number of carbonyl (C=O) groups is 2. The minimum Gasteiger partial charge on any atom is -0.481 e. The smallest absolute Gasteiger partial charge is 0.305 e. The fraction of sp³-hybridized carbons (Fsp3) is 0.600. The van der Waals surface area contributed by atoms with E-state index in [0.717, 1.165) is 37.7 Å². The van der Waals surface area contributed by atoms with Crippen molar-refractivity contribution >= 4 is 23.2 Å². The number of carboxylic acid groups (broad SMARTS) is 1. The molecule has 20 heavy (non-hydrogen) atoms. The largest absolute Gasteiger partial charge is 0.481 e. The first-order chi connectivity index (χ1) is 9.53. The number of aliphatic carboxylic acids is 1. The van der Waals surface area contributed by atoms with Gasteiger partial charge in [-0.3, -0.25) is 9.59 Å². The highest BCUT2D eigenvalue weighted by molar-refractivity contribution is 7.07. The van der Waals surface area contributed by atoms with Crippen molar-refractivity contribution in [3.63, 3.8) is 0 Å². The van der Waals surface area contributed by atoms with Gasteiger partial charge in [0.05, 0.1) is 18.4 Å². The highest BCUT2D eigenvalue weighted by Gasteiger charge is 2.40. The number of likely N-dealkylation sites (N-methyl/N-ethyl adjacent to an activating group) is 1. The number of hydrogen-bond donors (Lipinski definition) is 1. The molecule has 1 fully saturated rings. The second-order valence-electron chi connectivity index (χ2n) is 5.62. The normalized spacial score (nSPS) is 17.6. The molecule has 1 aromatic rings. The molecule has 110 valence electrons. The molecule has 0 spiro atoms. The van der Waals surface area contributed by atoms with E-state index in [9.17, 15) is 14.7 Å². The van der Waals surface area contributed by atoms with Crippen LogP contribution < -0.4 is 0 Å². The van der Waals surface area contributed by atoms with Crippen molar-refractivity contribution in [2.75, 3.05) is 7.05 Å². The third kappa shape index (κ3) is 3.39. The predicted molar refractivity (Wildman–Crippen MR) is 78.9 cm³/mol. The maximum atomic E-state index is 12.4. The molecule has 0 saturated heterocycles. The van der Waals surface area contributed by atoms with Crippen LogP contribution in [0.2, 0.25) is 0 Å². The van der Waals surface area contributed by atoms with Gasteiger partial charge in [0, 0.05) is 7.05 Å². The van der Waals surface area contributed by atoms with Gasteiger partial charge in [-0.25, -0.2) is 0 Å². The highest BCUT2D eigenvalue weighted by Crippen LogP contribution is 2.36. The first-order valence-electron chi connectivity index (χ1n) is 7.03. The van der Waals surface area contributed by atoms with Crippen LogP contribution in [0.5, 0.6) is 0 Å². The van der Waals surface area contributed by atoms with Crippen molar-refractivity contribution in [2.24, 2.45) is 0 Å². The van der Waals surface area contributed by atoms with E-state index in [0.29, 0.717) is 6.42 Å². The number of hydrogen-bond acceptors (Lipinski definition) is 3. The second-order valence-corrected chi connectivity index (χ2v) is 6.40. The summed E-state index contributed by atoms with van der Waals surface area (Å²) in [5.74, 6) is -0.798. The molecule has 0 radical (unpaired) electrons. The molecule has 0 bridgehead atoms. The molecular formula is C15H21NO3S. The number of carbonyl (C=O) groups excluding carboxylic acids is 1. The van der Waals surface area contributed by atoms with Gasteiger partial charge in [0.25, 0.3) is 0 Å². The van der Waals surface area contributed by atoms with Crippen LogP contribution in [-0.4, -0.2) is 34.5 Å². The molecule has 1 aliphatic carbocycles. The molecule has 0 atom stereocenters. The lowest BCUT2D eigenvalue weighted by molar-refractivity contribution is -0.145. The summed E-state index contributed by atoms with van der Waals surface area (Å²) in [5, 5.41) is 13.1. The van der Waals surface area contributed by atoms with Gasteiger partial charge >= 0.3 is 5.97 Å². The Morgan fingerprint density at radius 1 is 1.35 bits per heavy atom.